The first-order valence-corrected chi connectivity index (χ1v) is 7.55. The lowest BCUT2D eigenvalue weighted by Gasteiger charge is -2.14. The number of aliphatic hydroxyl groups excluding tert-OH is 1. The maximum atomic E-state index is 11.9. The van der Waals surface area contributed by atoms with E-state index in [0.717, 1.165) is 5.52 Å². The van der Waals surface area contributed by atoms with Crippen molar-refractivity contribution in [2.75, 3.05) is 6.54 Å². The maximum Gasteiger partial charge on any atom is 0.221 e. The van der Waals surface area contributed by atoms with Crippen LogP contribution in [0.1, 0.15) is 26.7 Å². The number of nitrogens with one attached hydrogen (secondary N) is 1. The molecule has 0 saturated heterocycles. The van der Waals surface area contributed by atoms with Gasteiger partial charge in [-0.05, 0) is 36.8 Å². The summed E-state index contributed by atoms with van der Waals surface area (Å²) in [4.78, 5) is 11.9. The van der Waals surface area contributed by atoms with Crippen molar-refractivity contribution in [3.8, 4) is 0 Å². The predicted octanol–water partition coefficient (Wildman–Crippen LogP) is 2.55. The van der Waals surface area contributed by atoms with Crippen LogP contribution in [0.2, 0.25) is 0 Å². The number of hydrogen-bond acceptors (Lipinski definition) is 2. The third kappa shape index (κ3) is 4.60. The molecule has 2 unspecified atom stereocenters. The summed E-state index contributed by atoms with van der Waals surface area (Å²) in [6, 6.07) is 10.2. The molecule has 0 radical (unpaired) electrons. The summed E-state index contributed by atoms with van der Waals surface area (Å²) < 4.78 is 2.11. The van der Waals surface area contributed by atoms with Crippen LogP contribution in [0.4, 0.5) is 0 Å². The summed E-state index contributed by atoms with van der Waals surface area (Å²) in [5.74, 6) is 0.353. The van der Waals surface area contributed by atoms with Gasteiger partial charge in [0.05, 0.1) is 6.10 Å². The van der Waals surface area contributed by atoms with Crippen molar-refractivity contribution in [1.82, 2.24) is 9.88 Å². The van der Waals surface area contributed by atoms with Gasteiger partial charge in [0.1, 0.15) is 0 Å². The molecule has 2 N–H and O–H groups in total. The van der Waals surface area contributed by atoms with Gasteiger partial charge in [-0.1, -0.05) is 25.1 Å². The summed E-state index contributed by atoms with van der Waals surface area (Å²) >= 11 is 0. The molecule has 0 bridgehead atoms. The number of carbonyl (C=O) groups is 1. The fraction of sp³-hybridized carbons (Fsp3) is 0.471. The van der Waals surface area contributed by atoms with E-state index in [-0.39, 0.29) is 12.0 Å². The summed E-state index contributed by atoms with van der Waals surface area (Å²) in [5, 5.41) is 13.4. The smallest absolute Gasteiger partial charge is 0.221 e. The van der Waals surface area contributed by atoms with Crippen molar-refractivity contribution in [3.63, 3.8) is 0 Å². The molecule has 4 nitrogen and oxygen atoms in total. The molecule has 1 heterocycles. The molecule has 1 amide bonds. The van der Waals surface area contributed by atoms with Crippen LogP contribution < -0.4 is 5.32 Å². The fourth-order valence-electron chi connectivity index (χ4n) is 2.60. The molecular weight excluding hydrogens is 264 g/mol. The van der Waals surface area contributed by atoms with Crippen LogP contribution in [0.5, 0.6) is 0 Å². The van der Waals surface area contributed by atoms with E-state index in [1.807, 2.05) is 25.3 Å². The van der Waals surface area contributed by atoms with Crippen LogP contribution in [0.3, 0.4) is 0 Å². The third-order valence-corrected chi connectivity index (χ3v) is 3.65. The molecule has 0 aliphatic heterocycles. The van der Waals surface area contributed by atoms with Gasteiger partial charge in [-0.15, -0.1) is 0 Å². The van der Waals surface area contributed by atoms with Crippen molar-refractivity contribution in [2.45, 2.75) is 39.3 Å². The minimum atomic E-state index is -0.317. The number of para-hydroxylation sites is 1. The molecule has 2 atom stereocenters. The number of hydrogen-bond donors (Lipinski definition) is 2. The summed E-state index contributed by atoms with van der Waals surface area (Å²) in [6.07, 6.45) is 2.89. The molecule has 1 aromatic carbocycles. The van der Waals surface area contributed by atoms with E-state index in [1.165, 1.54) is 5.39 Å². The zero-order valence-electron chi connectivity index (χ0n) is 12.7. The van der Waals surface area contributed by atoms with Gasteiger partial charge >= 0.3 is 0 Å². The number of aryl methyl sites for hydroxylation is 1. The molecule has 0 fully saturated rings. The number of rotatable bonds is 7. The van der Waals surface area contributed by atoms with Gasteiger partial charge in [0, 0.05) is 31.2 Å². The second-order valence-electron chi connectivity index (χ2n) is 5.81. The molecule has 4 heteroatoms. The van der Waals surface area contributed by atoms with E-state index in [0.29, 0.717) is 31.8 Å². The molecule has 2 aromatic rings. The highest BCUT2D eigenvalue weighted by Gasteiger charge is 2.09. The molecule has 2 rings (SSSR count). The Bertz CT molecular complexity index is 589. The average Bonchev–Trinajstić information content (AvgIpc) is 2.85. The second-order valence-corrected chi connectivity index (χ2v) is 5.81. The zero-order valence-corrected chi connectivity index (χ0v) is 12.7. The van der Waals surface area contributed by atoms with Gasteiger partial charge in [0.25, 0.3) is 0 Å². The highest BCUT2D eigenvalue weighted by molar-refractivity contribution is 5.80. The molecule has 0 saturated carbocycles. The third-order valence-electron chi connectivity index (χ3n) is 3.65. The average molecular weight is 288 g/mol. The Kier molecular flexibility index (Phi) is 5.39. The monoisotopic (exact) mass is 288 g/mol. The fourth-order valence-corrected chi connectivity index (χ4v) is 2.60. The molecule has 0 aliphatic rings. The zero-order chi connectivity index (χ0) is 15.2. The van der Waals surface area contributed by atoms with E-state index in [1.54, 1.807) is 6.92 Å². The van der Waals surface area contributed by atoms with Gasteiger partial charge in [0.15, 0.2) is 0 Å². The normalized spacial score (nSPS) is 14.0. The Morgan fingerprint density at radius 3 is 2.81 bits per heavy atom. The van der Waals surface area contributed by atoms with Crippen LogP contribution in [-0.4, -0.2) is 28.2 Å². The number of aromatic nitrogens is 1. The van der Waals surface area contributed by atoms with Crippen LogP contribution in [0.25, 0.3) is 10.9 Å². The number of benzene rings is 1. The van der Waals surface area contributed by atoms with Gasteiger partial charge in [-0.25, -0.2) is 0 Å². The van der Waals surface area contributed by atoms with Crippen molar-refractivity contribution < 1.29 is 9.90 Å². The van der Waals surface area contributed by atoms with E-state index in [4.69, 9.17) is 0 Å². The van der Waals surface area contributed by atoms with E-state index < -0.39 is 0 Å². The number of fused-ring (bicyclic) bond motifs is 1. The molecular formula is C17H24N2O2. The lowest BCUT2D eigenvalue weighted by atomic mass is 10.0. The van der Waals surface area contributed by atoms with Gasteiger partial charge in [0.2, 0.25) is 5.91 Å². The Balaban J connectivity index is 1.79. The summed E-state index contributed by atoms with van der Waals surface area (Å²) in [7, 11) is 0. The topological polar surface area (TPSA) is 54.3 Å². The van der Waals surface area contributed by atoms with Gasteiger partial charge in [-0.2, -0.15) is 0 Å². The number of nitrogens with zero attached hydrogens (tertiary/aromatic N) is 1. The number of carbonyl (C=O) groups excluding carboxylic acids is 1. The quantitative estimate of drug-likeness (QED) is 0.822. The minimum absolute atomic E-state index is 0.0604. The molecule has 1 aromatic heterocycles. The summed E-state index contributed by atoms with van der Waals surface area (Å²) in [5.41, 5.74) is 1.16. The van der Waals surface area contributed by atoms with Crippen LogP contribution in [-0.2, 0) is 11.3 Å². The highest BCUT2D eigenvalue weighted by atomic mass is 16.3. The minimum Gasteiger partial charge on any atom is -0.393 e. The molecule has 114 valence electrons. The van der Waals surface area contributed by atoms with Crippen LogP contribution in [0.15, 0.2) is 36.5 Å². The van der Waals surface area contributed by atoms with Gasteiger partial charge < -0.3 is 15.0 Å². The van der Waals surface area contributed by atoms with E-state index in [9.17, 15) is 9.90 Å². The standard InChI is InChI=1S/C17H24N2O2/c1-13(11-14(2)20)12-18-17(21)8-10-19-9-7-15-5-3-4-6-16(15)19/h3-7,9,13-14,20H,8,10-12H2,1-2H3,(H,18,21). The lowest BCUT2D eigenvalue weighted by molar-refractivity contribution is -0.121. The lowest BCUT2D eigenvalue weighted by Crippen LogP contribution is -2.30. The predicted molar refractivity (Wildman–Crippen MR) is 85.0 cm³/mol. The van der Waals surface area contributed by atoms with Crippen LogP contribution >= 0.6 is 0 Å². The molecule has 0 aliphatic carbocycles. The maximum absolute atomic E-state index is 11.9. The number of amides is 1. The number of aliphatic hydroxyl groups is 1. The van der Waals surface area contributed by atoms with Crippen molar-refractivity contribution in [1.29, 1.82) is 0 Å². The molecule has 21 heavy (non-hydrogen) atoms. The van der Waals surface area contributed by atoms with E-state index >= 15 is 0 Å². The van der Waals surface area contributed by atoms with Crippen molar-refractivity contribution in [2.24, 2.45) is 5.92 Å². The first-order chi connectivity index (χ1) is 10.1. The van der Waals surface area contributed by atoms with Crippen LogP contribution in [0, 0.1) is 5.92 Å². The first kappa shape index (κ1) is 15.6. The van der Waals surface area contributed by atoms with Crippen molar-refractivity contribution >= 4 is 16.8 Å². The Morgan fingerprint density at radius 2 is 2.05 bits per heavy atom. The first-order valence-electron chi connectivity index (χ1n) is 7.55. The largest absolute Gasteiger partial charge is 0.393 e. The van der Waals surface area contributed by atoms with E-state index in [2.05, 4.69) is 28.1 Å². The molecule has 0 spiro atoms. The van der Waals surface area contributed by atoms with Crippen molar-refractivity contribution in [3.05, 3.63) is 36.5 Å². The summed E-state index contributed by atoms with van der Waals surface area (Å²) in [6.45, 7) is 5.11. The highest BCUT2D eigenvalue weighted by Crippen LogP contribution is 2.15. The Hall–Kier alpha value is -1.81. The SMILES string of the molecule is CC(O)CC(C)CNC(=O)CCn1ccc2ccccc21. The Labute approximate surface area is 125 Å². The second kappa shape index (κ2) is 7.27. The Morgan fingerprint density at radius 1 is 1.29 bits per heavy atom. The van der Waals surface area contributed by atoms with Gasteiger partial charge in [-0.3, -0.25) is 4.79 Å².